The van der Waals surface area contributed by atoms with Gasteiger partial charge in [0, 0.05) is 17.7 Å². The molecular weight excluding hydrogens is 371 g/mol. The van der Waals surface area contributed by atoms with Gasteiger partial charge in [-0.15, -0.1) is 10.2 Å². The number of amides is 1. The lowest BCUT2D eigenvalue weighted by molar-refractivity contribution is -0.187. The normalized spacial score (nSPS) is 25.1. The number of nitrogens with one attached hydrogen (secondary N) is 1. The van der Waals surface area contributed by atoms with E-state index in [1.54, 1.807) is 0 Å². The number of nitrogens with zero attached hydrogens (tertiary/aromatic N) is 2. The van der Waals surface area contributed by atoms with Crippen molar-refractivity contribution in [3.63, 3.8) is 0 Å². The van der Waals surface area contributed by atoms with Crippen molar-refractivity contribution >= 4 is 5.91 Å². The number of carbonyl (C=O) groups is 1. The van der Waals surface area contributed by atoms with Gasteiger partial charge in [0.05, 0.1) is 11.7 Å². The van der Waals surface area contributed by atoms with Crippen molar-refractivity contribution in [1.29, 1.82) is 0 Å². The summed E-state index contributed by atoms with van der Waals surface area (Å²) in [7, 11) is 0. The molecule has 154 valence electrons. The van der Waals surface area contributed by atoms with Crippen molar-refractivity contribution in [2.45, 2.75) is 64.6 Å². The van der Waals surface area contributed by atoms with E-state index in [1.807, 2.05) is 20.8 Å². The molecule has 2 atom stereocenters. The van der Waals surface area contributed by atoms with Gasteiger partial charge < -0.3 is 10.1 Å². The maximum atomic E-state index is 13.0. The van der Waals surface area contributed by atoms with Crippen LogP contribution in [0.2, 0.25) is 0 Å². The first-order valence-electron chi connectivity index (χ1n) is 9.34. The summed E-state index contributed by atoms with van der Waals surface area (Å²) in [5.74, 6) is -0.0334. The smallest absolute Gasteiger partial charge is 0.372 e. The number of carbonyl (C=O) groups excluding carboxylic acids is 1. The first-order chi connectivity index (χ1) is 12.8. The van der Waals surface area contributed by atoms with Crippen molar-refractivity contribution in [2.75, 3.05) is 6.54 Å². The molecule has 1 aromatic carbocycles. The molecule has 0 aromatic heterocycles. The molecule has 0 saturated heterocycles. The average Bonchev–Trinajstić information content (AvgIpc) is 3.38. The van der Waals surface area contributed by atoms with Crippen LogP contribution in [0.1, 0.15) is 57.0 Å². The van der Waals surface area contributed by atoms with Gasteiger partial charge in [-0.25, -0.2) is 0 Å². The molecule has 1 aliphatic heterocycles. The second-order valence-electron chi connectivity index (χ2n) is 9.13. The number of alkyl halides is 3. The topological polar surface area (TPSA) is 63.0 Å². The highest BCUT2D eigenvalue weighted by Gasteiger charge is 2.65. The van der Waals surface area contributed by atoms with E-state index in [0.717, 1.165) is 6.42 Å². The van der Waals surface area contributed by atoms with Gasteiger partial charge in [-0.1, -0.05) is 26.0 Å². The summed E-state index contributed by atoms with van der Waals surface area (Å²) in [5, 5.41) is 9.21. The second kappa shape index (κ2) is 6.54. The molecule has 8 heteroatoms. The number of ether oxygens (including phenoxy) is 1. The van der Waals surface area contributed by atoms with Crippen molar-refractivity contribution in [3.8, 4) is 0 Å². The minimum absolute atomic E-state index is 0.0571. The zero-order chi connectivity index (χ0) is 21.0. The Labute approximate surface area is 162 Å². The van der Waals surface area contributed by atoms with Crippen molar-refractivity contribution in [2.24, 2.45) is 21.6 Å². The third-order valence-electron chi connectivity index (χ3n) is 5.63. The highest BCUT2D eigenvalue weighted by Crippen LogP contribution is 2.52. The average molecular weight is 397 g/mol. The Hall–Kier alpha value is -1.96. The van der Waals surface area contributed by atoms with E-state index in [0.29, 0.717) is 12.1 Å². The summed E-state index contributed by atoms with van der Waals surface area (Å²) < 4.78 is 45.1. The highest BCUT2D eigenvalue weighted by atomic mass is 19.4. The zero-order valence-electron chi connectivity index (χ0n) is 16.7. The van der Waals surface area contributed by atoms with E-state index in [4.69, 9.17) is 4.74 Å². The van der Waals surface area contributed by atoms with Crippen LogP contribution in [-0.2, 0) is 10.4 Å². The molecule has 0 spiro atoms. The van der Waals surface area contributed by atoms with Crippen LogP contribution >= 0.6 is 0 Å². The molecule has 1 aromatic rings. The molecule has 1 fully saturated rings. The third kappa shape index (κ3) is 3.79. The molecule has 3 rings (SSSR count). The molecule has 1 amide bonds. The van der Waals surface area contributed by atoms with Crippen LogP contribution in [0, 0.1) is 11.3 Å². The molecule has 2 unspecified atom stereocenters. The first-order valence-corrected chi connectivity index (χ1v) is 9.34. The molecule has 2 aliphatic rings. The Bertz CT molecular complexity index is 773. The van der Waals surface area contributed by atoms with Gasteiger partial charge in [0.25, 0.3) is 5.91 Å². The second-order valence-corrected chi connectivity index (χ2v) is 9.13. The summed E-state index contributed by atoms with van der Waals surface area (Å²) in [6.45, 7) is 10.8. The Morgan fingerprint density at radius 2 is 1.75 bits per heavy atom. The largest absolute Gasteiger partial charge is 0.442 e. The predicted molar refractivity (Wildman–Crippen MR) is 97.9 cm³/mol. The minimum Gasteiger partial charge on any atom is -0.372 e. The monoisotopic (exact) mass is 397 g/mol. The number of benzene rings is 1. The SMILES string of the molecule is CC(C)(C)OC1CC(CNC(=O)c2ccc(C3(C(F)(F)F)N=N3)cc2)C1(C)C. The fourth-order valence-corrected chi connectivity index (χ4v) is 3.56. The minimum atomic E-state index is -4.57. The Balaban J connectivity index is 1.55. The summed E-state index contributed by atoms with van der Waals surface area (Å²) in [6.07, 6.45) is -3.57. The van der Waals surface area contributed by atoms with Crippen LogP contribution < -0.4 is 5.32 Å². The van der Waals surface area contributed by atoms with Crippen molar-refractivity contribution in [3.05, 3.63) is 35.4 Å². The van der Waals surface area contributed by atoms with Crippen molar-refractivity contribution in [1.82, 2.24) is 5.32 Å². The van der Waals surface area contributed by atoms with Gasteiger partial charge in [0.1, 0.15) is 0 Å². The molecule has 1 saturated carbocycles. The molecule has 5 nitrogen and oxygen atoms in total. The van der Waals surface area contributed by atoms with Crippen LogP contribution in [0.25, 0.3) is 0 Å². The maximum absolute atomic E-state index is 13.0. The molecule has 1 N–H and O–H groups in total. The predicted octanol–water partition coefficient (Wildman–Crippen LogP) is 4.83. The van der Waals surface area contributed by atoms with E-state index in [9.17, 15) is 18.0 Å². The molecule has 1 heterocycles. The van der Waals surface area contributed by atoms with Gasteiger partial charge in [-0.2, -0.15) is 13.2 Å². The van der Waals surface area contributed by atoms with Gasteiger partial charge >= 0.3 is 11.8 Å². The Morgan fingerprint density at radius 1 is 1.18 bits per heavy atom. The first kappa shape index (κ1) is 20.8. The van der Waals surface area contributed by atoms with Crippen LogP contribution in [-0.4, -0.2) is 30.3 Å². The number of hydrogen-bond acceptors (Lipinski definition) is 4. The summed E-state index contributed by atoms with van der Waals surface area (Å²) in [4.78, 5) is 12.4. The summed E-state index contributed by atoms with van der Waals surface area (Å²) in [5.41, 5.74) is -2.51. The van der Waals surface area contributed by atoms with E-state index < -0.39 is 11.8 Å². The van der Waals surface area contributed by atoms with Crippen LogP contribution in [0.4, 0.5) is 13.2 Å². The molecule has 0 bridgehead atoms. The molecule has 28 heavy (non-hydrogen) atoms. The molecular formula is C20H26F3N3O2. The Morgan fingerprint density at radius 3 is 2.18 bits per heavy atom. The van der Waals surface area contributed by atoms with Crippen LogP contribution in [0.3, 0.4) is 0 Å². The van der Waals surface area contributed by atoms with E-state index in [-0.39, 0.29) is 34.5 Å². The van der Waals surface area contributed by atoms with Gasteiger partial charge in [0.15, 0.2) is 0 Å². The third-order valence-corrected chi connectivity index (χ3v) is 5.63. The van der Waals surface area contributed by atoms with Crippen molar-refractivity contribution < 1.29 is 22.7 Å². The quantitative estimate of drug-likeness (QED) is 0.774. The van der Waals surface area contributed by atoms with Crippen LogP contribution in [0.15, 0.2) is 34.5 Å². The standard InChI is InChI=1S/C20H26F3N3O2/c1-17(2,3)28-15-10-14(18(15,4)5)11-24-16(27)12-6-8-13(9-7-12)19(25-26-19)20(21,22)23/h6-9,14-15H,10-11H2,1-5H3,(H,24,27). The lowest BCUT2D eigenvalue weighted by Gasteiger charge is -2.53. The number of halogens is 3. The molecule has 1 aliphatic carbocycles. The molecule has 0 radical (unpaired) electrons. The van der Waals surface area contributed by atoms with E-state index >= 15 is 0 Å². The van der Waals surface area contributed by atoms with E-state index in [2.05, 4.69) is 29.4 Å². The number of hydrogen-bond donors (Lipinski definition) is 1. The van der Waals surface area contributed by atoms with Gasteiger partial charge in [0.2, 0.25) is 0 Å². The van der Waals surface area contributed by atoms with Gasteiger partial charge in [-0.3, -0.25) is 4.79 Å². The fourth-order valence-electron chi connectivity index (χ4n) is 3.56. The summed E-state index contributed by atoms with van der Waals surface area (Å²) in [6, 6.07) is 5.25. The van der Waals surface area contributed by atoms with Gasteiger partial charge in [-0.05, 0) is 50.7 Å². The zero-order valence-corrected chi connectivity index (χ0v) is 16.7. The number of rotatable bonds is 5. The Kier molecular flexibility index (Phi) is 4.85. The highest BCUT2D eigenvalue weighted by molar-refractivity contribution is 5.94. The lowest BCUT2D eigenvalue weighted by Crippen LogP contribution is -2.56. The maximum Gasteiger partial charge on any atom is 0.442 e. The lowest BCUT2D eigenvalue weighted by atomic mass is 9.60. The fraction of sp³-hybridized carbons (Fsp3) is 0.650. The summed E-state index contributed by atoms with van der Waals surface area (Å²) >= 11 is 0. The van der Waals surface area contributed by atoms with E-state index in [1.165, 1.54) is 24.3 Å². The van der Waals surface area contributed by atoms with Crippen LogP contribution in [0.5, 0.6) is 0 Å².